The van der Waals surface area contributed by atoms with Gasteiger partial charge < -0.3 is 47.4 Å². The Morgan fingerprint density at radius 1 is 0.570 bits per heavy atom. The number of ether oxygens (including phenoxy) is 2. The maximum Gasteiger partial charge on any atom is 0.495 e. The van der Waals surface area contributed by atoms with Crippen molar-refractivity contribution >= 4 is 122 Å². The molecule has 2 aromatic carbocycles. The van der Waals surface area contributed by atoms with Crippen LogP contribution in [0.25, 0.3) is 77.6 Å². The lowest BCUT2D eigenvalue weighted by atomic mass is 9.77. The molecule has 15 rings (SSSR count). The predicted octanol–water partition coefficient (Wildman–Crippen LogP) is 8.07. The number of morpholine rings is 2. The highest BCUT2D eigenvalue weighted by atomic mass is 35.5. The average Bonchev–Trinajstić information content (AvgIpc) is 2.30. The van der Waals surface area contributed by atoms with Crippen LogP contribution in [-0.4, -0.2) is 187 Å². The van der Waals surface area contributed by atoms with Gasteiger partial charge in [0.25, 0.3) is 0 Å². The molecule has 86 heavy (non-hydrogen) atoms. The first kappa shape index (κ1) is 58.2. The van der Waals surface area contributed by atoms with E-state index in [1.54, 1.807) is 6.20 Å². The first-order valence-corrected chi connectivity index (χ1v) is 33.2. The van der Waals surface area contributed by atoms with Crippen molar-refractivity contribution < 1.29 is 44.5 Å². The summed E-state index contributed by atoms with van der Waals surface area (Å²) in [7, 11) is -6.17. The molecule has 5 aliphatic rings. The third-order valence-corrected chi connectivity index (χ3v) is 21.1. The Bertz CT molecular complexity index is 4370. The number of aromatic nitrogens is 8. The monoisotopic (exact) mass is 1230 g/mol. The van der Waals surface area contributed by atoms with Crippen LogP contribution in [0.1, 0.15) is 64.8 Å². The van der Waals surface area contributed by atoms with Crippen molar-refractivity contribution in [3.8, 4) is 11.4 Å². The fourth-order valence-electron chi connectivity index (χ4n) is 11.8. The van der Waals surface area contributed by atoms with Crippen LogP contribution in [-0.2, 0) is 38.5 Å². The Kier molecular flexibility index (Phi) is 15.6. The summed E-state index contributed by atoms with van der Waals surface area (Å²) in [5, 5.41) is 3.98. The number of furan rings is 2. The molecule has 0 radical (unpaired) electrons. The molecule has 13 heterocycles. The fraction of sp³-hybridized carbons (Fsp3) is 0.433. The molecule has 5 saturated heterocycles. The highest BCUT2D eigenvalue weighted by Gasteiger charge is 2.52. The number of aromatic amines is 2. The van der Waals surface area contributed by atoms with Crippen LogP contribution in [0.3, 0.4) is 0 Å². The Labute approximate surface area is 502 Å². The van der Waals surface area contributed by atoms with Crippen molar-refractivity contribution in [1.29, 1.82) is 0 Å². The van der Waals surface area contributed by atoms with Crippen molar-refractivity contribution in [1.82, 2.24) is 49.7 Å². The molecule has 2 N–H and O–H groups in total. The minimum Gasteiger partial charge on any atom is -0.432 e. The third kappa shape index (κ3) is 11.4. The summed E-state index contributed by atoms with van der Waals surface area (Å²) in [5.74, 6) is 2.78. The molecule has 5 fully saturated rings. The van der Waals surface area contributed by atoms with Crippen LogP contribution in [0, 0.1) is 0 Å². The third-order valence-electron chi connectivity index (χ3n) is 17.7. The molecule has 2 atom stereocenters. The van der Waals surface area contributed by atoms with E-state index in [0.717, 1.165) is 66.1 Å². The smallest absolute Gasteiger partial charge is 0.432 e. The number of sulfone groups is 2. The van der Waals surface area contributed by atoms with E-state index in [1.807, 2.05) is 55.0 Å². The number of fused-ring (bicyclic) bond motifs is 8. The van der Waals surface area contributed by atoms with Crippen LogP contribution < -0.4 is 15.3 Å². The standard InChI is InChI=1S/C27H28N6O4S.C19H22ClN5O4S.C14H18BNO2/c1-17(32-9-13-38(34,35)14-10-32)18-15-21-23-24(37-27(21)29-16-18)26(33-7-11-36-12-8-33)31-25(30-23)20-3-2-4-22-19(20)5-6-28-22;1-12(24-4-8-30(26,27)9-5-24)13-10-14-15-16(29-18(14)21-11-13)17(23-19(20)22-15)25-2-6-28-7-3-25;1-13(2)14(3,4)18-15(17-13)11-6-5-7-12-10(11)8-9-16-12/h2-6,15-17,28H,7-14H2,1H3;10-12H,2-9H2,1H3;5-9,16H,1-4H3/t17-;12-;/m00./s1. The second-order valence-corrected chi connectivity index (χ2v) is 28.5. The van der Waals surface area contributed by atoms with E-state index in [0.29, 0.717) is 119 Å². The highest BCUT2D eigenvalue weighted by molar-refractivity contribution is 7.91. The molecule has 10 aromatic rings. The van der Waals surface area contributed by atoms with Gasteiger partial charge >= 0.3 is 7.12 Å². The van der Waals surface area contributed by atoms with E-state index in [-0.39, 0.29) is 58.7 Å². The van der Waals surface area contributed by atoms with E-state index in [4.69, 9.17) is 49.2 Å². The van der Waals surface area contributed by atoms with Crippen LogP contribution in [0.2, 0.25) is 5.28 Å². The molecule has 0 spiro atoms. The minimum atomic E-state index is -2.95. The largest absolute Gasteiger partial charge is 0.495 e. The van der Waals surface area contributed by atoms with E-state index in [9.17, 15) is 16.8 Å². The maximum atomic E-state index is 11.9. The molecule has 22 nitrogen and oxygen atoms in total. The fourth-order valence-corrected chi connectivity index (χ4v) is 14.4. The molecule has 0 saturated carbocycles. The van der Waals surface area contributed by atoms with E-state index >= 15 is 0 Å². The number of benzene rings is 2. The van der Waals surface area contributed by atoms with Gasteiger partial charge in [-0.05, 0) is 112 Å². The first-order valence-electron chi connectivity index (χ1n) is 29.2. The summed E-state index contributed by atoms with van der Waals surface area (Å²) in [5.41, 5.74) is 9.10. The highest BCUT2D eigenvalue weighted by Crippen LogP contribution is 2.40. The van der Waals surface area contributed by atoms with Gasteiger partial charge in [0.15, 0.2) is 48.3 Å². The molecule has 0 amide bonds. The summed E-state index contributed by atoms with van der Waals surface area (Å²) >= 11 is 6.24. The van der Waals surface area contributed by atoms with Crippen molar-refractivity contribution in [3.05, 3.63) is 102 Å². The van der Waals surface area contributed by atoms with Gasteiger partial charge in [0.05, 0.1) is 71.4 Å². The van der Waals surface area contributed by atoms with Gasteiger partial charge in [0.2, 0.25) is 16.7 Å². The maximum absolute atomic E-state index is 11.9. The number of anilines is 2. The Morgan fingerprint density at radius 2 is 1.03 bits per heavy atom. The minimum absolute atomic E-state index is 0.0148. The van der Waals surface area contributed by atoms with E-state index in [2.05, 4.69) is 115 Å². The van der Waals surface area contributed by atoms with Crippen molar-refractivity contribution in [2.75, 3.05) is 112 Å². The number of hydrogen-bond donors (Lipinski definition) is 2. The molecular formula is C60H68BClN12O10S2. The van der Waals surface area contributed by atoms with Crippen LogP contribution in [0.5, 0.6) is 0 Å². The summed E-state index contributed by atoms with van der Waals surface area (Å²) in [6.07, 6.45) is 7.47. The lowest BCUT2D eigenvalue weighted by molar-refractivity contribution is 0.00578. The zero-order valence-corrected chi connectivity index (χ0v) is 51.3. The summed E-state index contributed by atoms with van der Waals surface area (Å²) in [4.78, 5) is 43.2. The van der Waals surface area contributed by atoms with Crippen molar-refractivity contribution in [2.45, 2.75) is 64.8 Å². The van der Waals surface area contributed by atoms with Gasteiger partial charge in [-0.15, -0.1) is 0 Å². The molecule has 8 aromatic heterocycles. The molecule has 450 valence electrons. The summed E-state index contributed by atoms with van der Waals surface area (Å²) in [6.45, 7) is 19.8. The lowest BCUT2D eigenvalue weighted by Gasteiger charge is -2.32. The van der Waals surface area contributed by atoms with E-state index < -0.39 is 19.7 Å². The molecule has 5 aliphatic heterocycles. The SMILES string of the molecule is CC1(C)OB(c2cccc3[nH]ccc23)OC1(C)C.C[C@@H](c1cnc2oc3c(N4CCOCC4)nc(-c4cccc5[nH]ccc45)nc3c2c1)N1CCS(=O)(=O)CC1.C[C@@H](c1cnc2oc3c(N4CCOCC4)nc(Cl)nc3c2c1)N1CCS(=O)(=O)CC1. The Balaban J connectivity index is 0.000000127. The number of halogens is 1. The average molecular weight is 1230 g/mol. The Morgan fingerprint density at radius 3 is 1.56 bits per heavy atom. The second-order valence-electron chi connectivity index (χ2n) is 23.5. The predicted molar refractivity (Wildman–Crippen MR) is 334 cm³/mol. The van der Waals surface area contributed by atoms with Crippen molar-refractivity contribution in [2.24, 2.45) is 0 Å². The molecule has 0 unspecified atom stereocenters. The second kappa shape index (κ2) is 23.0. The molecular weight excluding hydrogens is 1160 g/mol. The van der Waals surface area contributed by atoms with Gasteiger partial charge in [0, 0.05) is 111 Å². The normalized spacial score (nSPS) is 20.6. The number of rotatable bonds is 8. The summed E-state index contributed by atoms with van der Waals surface area (Å²) in [6, 6.07) is 20.5. The van der Waals surface area contributed by atoms with Gasteiger partial charge in [-0.3, -0.25) is 9.80 Å². The Hall–Kier alpha value is -6.81. The number of hydrogen-bond acceptors (Lipinski definition) is 20. The first-order chi connectivity index (χ1) is 41.3. The van der Waals surface area contributed by atoms with E-state index in [1.165, 1.54) is 0 Å². The molecule has 0 aliphatic carbocycles. The van der Waals surface area contributed by atoms with Gasteiger partial charge in [-0.25, -0.2) is 41.8 Å². The number of pyridine rings is 2. The zero-order chi connectivity index (χ0) is 59.7. The topological polar surface area (TPSA) is 253 Å². The lowest BCUT2D eigenvalue weighted by Crippen LogP contribution is -2.41. The number of H-pyrrole nitrogens is 2. The quantitative estimate of drug-likeness (QED) is 0.108. The van der Waals surface area contributed by atoms with Crippen LogP contribution in [0.4, 0.5) is 11.6 Å². The zero-order valence-electron chi connectivity index (χ0n) is 48.9. The summed E-state index contributed by atoms with van der Waals surface area (Å²) < 4.78 is 82.9. The number of nitrogens with one attached hydrogen (secondary N) is 2. The van der Waals surface area contributed by atoms with Crippen molar-refractivity contribution in [3.63, 3.8) is 0 Å². The van der Waals surface area contributed by atoms with Crippen LogP contribution in [0.15, 0.2) is 94.3 Å². The van der Waals surface area contributed by atoms with Crippen LogP contribution >= 0.6 is 11.6 Å². The van der Waals surface area contributed by atoms with Gasteiger partial charge in [-0.2, -0.15) is 4.98 Å². The van der Waals surface area contributed by atoms with Gasteiger partial charge in [0.1, 0.15) is 11.0 Å². The van der Waals surface area contributed by atoms with Gasteiger partial charge in [-0.1, -0.05) is 24.3 Å². The molecule has 0 bridgehead atoms. The number of nitrogens with zero attached hydrogens (tertiary/aromatic N) is 10. The molecule has 26 heteroatoms.